The van der Waals surface area contributed by atoms with Crippen LogP contribution >= 0.6 is 0 Å². The summed E-state index contributed by atoms with van der Waals surface area (Å²) in [6.07, 6.45) is 3.93. The number of rotatable bonds is 7. The summed E-state index contributed by atoms with van der Waals surface area (Å²) in [6.45, 7) is 5.15. The number of ether oxygens (including phenoxy) is 1. The van der Waals surface area contributed by atoms with Crippen LogP contribution in [0.4, 0.5) is 0 Å². The van der Waals surface area contributed by atoms with Crippen molar-refractivity contribution in [3.05, 3.63) is 24.2 Å². The zero-order valence-electron chi connectivity index (χ0n) is 12.8. The van der Waals surface area contributed by atoms with Crippen LogP contribution in [-0.2, 0) is 9.53 Å². The zero-order chi connectivity index (χ0) is 15.2. The summed E-state index contributed by atoms with van der Waals surface area (Å²) in [5.74, 6) is 0.683. The maximum Gasteiger partial charge on any atom is 0.225 e. The molecule has 2 heterocycles. The van der Waals surface area contributed by atoms with Crippen molar-refractivity contribution < 1.29 is 19.1 Å². The average molecular weight is 295 g/mol. The van der Waals surface area contributed by atoms with E-state index < -0.39 is 6.10 Å². The van der Waals surface area contributed by atoms with Crippen LogP contribution in [0.1, 0.15) is 51.4 Å². The third-order valence-corrected chi connectivity index (χ3v) is 3.83. The number of furan rings is 1. The molecule has 0 bridgehead atoms. The minimum Gasteiger partial charge on any atom is -0.467 e. The van der Waals surface area contributed by atoms with E-state index in [1.807, 2.05) is 18.7 Å². The normalized spacial score (nSPS) is 20.2. The molecule has 5 nitrogen and oxygen atoms in total. The van der Waals surface area contributed by atoms with Crippen molar-refractivity contribution in [2.75, 3.05) is 13.2 Å². The number of carbonyl (C=O) groups excluding carboxylic acids is 1. The second-order valence-corrected chi connectivity index (χ2v) is 5.82. The number of nitrogens with zero attached hydrogens (tertiary/aromatic N) is 1. The number of aliphatic hydroxyl groups excluding tert-OH is 1. The Bertz CT molecular complexity index is 429. The van der Waals surface area contributed by atoms with E-state index in [1.165, 1.54) is 0 Å². The first-order valence-corrected chi connectivity index (χ1v) is 7.70. The van der Waals surface area contributed by atoms with Crippen LogP contribution in [0.15, 0.2) is 22.8 Å². The van der Waals surface area contributed by atoms with Crippen LogP contribution in [0.3, 0.4) is 0 Å². The van der Waals surface area contributed by atoms with E-state index in [4.69, 9.17) is 9.15 Å². The lowest BCUT2D eigenvalue weighted by Crippen LogP contribution is -2.37. The summed E-state index contributed by atoms with van der Waals surface area (Å²) in [5, 5.41) is 10.2. The van der Waals surface area contributed by atoms with Gasteiger partial charge < -0.3 is 19.2 Å². The van der Waals surface area contributed by atoms with Gasteiger partial charge in [-0.1, -0.05) is 0 Å². The monoisotopic (exact) mass is 295 g/mol. The van der Waals surface area contributed by atoms with E-state index >= 15 is 0 Å². The van der Waals surface area contributed by atoms with Crippen LogP contribution in [-0.4, -0.2) is 41.2 Å². The minimum absolute atomic E-state index is 0.0941. The second kappa shape index (κ2) is 7.61. The molecule has 1 aliphatic rings. The summed E-state index contributed by atoms with van der Waals surface area (Å²) in [5.41, 5.74) is 0. The van der Waals surface area contributed by atoms with E-state index in [-0.39, 0.29) is 18.1 Å². The highest BCUT2D eigenvalue weighted by molar-refractivity contribution is 5.76. The van der Waals surface area contributed by atoms with E-state index in [9.17, 15) is 9.90 Å². The lowest BCUT2D eigenvalue weighted by Gasteiger charge is -2.26. The standard InChI is InChI=1S/C16H25NO4/c1-12(2)20-10-7-16(19)17-8-3-5-13(17)11-14(18)15-6-4-9-21-15/h4,6,9,12-14,18H,3,5,7-8,10-11H2,1-2H3. The lowest BCUT2D eigenvalue weighted by atomic mass is 10.0. The van der Waals surface area contributed by atoms with Gasteiger partial charge in [-0.15, -0.1) is 0 Å². The van der Waals surface area contributed by atoms with Gasteiger partial charge in [-0.25, -0.2) is 0 Å². The number of hydrogen-bond donors (Lipinski definition) is 1. The maximum absolute atomic E-state index is 12.2. The largest absolute Gasteiger partial charge is 0.467 e. The van der Waals surface area contributed by atoms with Gasteiger partial charge in [-0.05, 0) is 38.8 Å². The fraction of sp³-hybridized carbons (Fsp3) is 0.688. The molecular formula is C16H25NO4. The van der Waals surface area contributed by atoms with Crippen LogP contribution in [0.25, 0.3) is 0 Å². The molecule has 21 heavy (non-hydrogen) atoms. The molecule has 0 saturated carbocycles. The Hall–Kier alpha value is -1.33. The molecule has 1 aromatic rings. The Morgan fingerprint density at radius 1 is 1.57 bits per heavy atom. The minimum atomic E-state index is -0.648. The molecule has 5 heteroatoms. The van der Waals surface area contributed by atoms with Gasteiger partial charge in [0.1, 0.15) is 11.9 Å². The van der Waals surface area contributed by atoms with E-state index in [2.05, 4.69) is 0 Å². The van der Waals surface area contributed by atoms with Crippen molar-refractivity contribution in [2.45, 2.75) is 57.8 Å². The Morgan fingerprint density at radius 3 is 3.05 bits per heavy atom. The van der Waals surface area contributed by atoms with Crippen molar-refractivity contribution in [1.82, 2.24) is 4.90 Å². The SMILES string of the molecule is CC(C)OCCC(=O)N1CCCC1CC(O)c1ccco1. The lowest BCUT2D eigenvalue weighted by molar-refractivity contribution is -0.134. The first kappa shape index (κ1) is 16.0. The van der Waals surface area contributed by atoms with Crippen LogP contribution in [0.2, 0.25) is 0 Å². The maximum atomic E-state index is 12.2. The van der Waals surface area contributed by atoms with Crippen molar-refractivity contribution >= 4 is 5.91 Å². The van der Waals surface area contributed by atoms with Crippen molar-refractivity contribution in [1.29, 1.82) is 0 Å². The van der Waals surface area contributed by atoms with E-state index in [0.717, 1.165) is 19.4 Å². The predicted octanol–water partition coefficient (Wildman–Crippen LogP) is 2.51. The summed E-state index contributed by atoms with van der Waals surface area (Å²) < 4.78 is 10.7. The Labute approximate surface area is 125 Å². The molecule has 0 spiro atoms. The van der Waals surface area contributed by atoms with Gasteiger partial charge in [0.15, 0.2) is 0 Å². The second-order valence-electron chi connectivity index (χ2n) is 5.82. The zero-order valence-corrected chi connectivity index (χ0v) is 12.8. The molecule has 2 rings (SSSR count). The highest BCUT2D eigenvalue weighted by Gasteiger charge is 2.30. The molecular weight excluding hydrogens is 270 g/mol. The van der Waals surface area contributed by atoms with Gasteiger partial charge in [-0.3, -0.25) is 4.79 Å². The molecule has 118 valence electrons. The van der Waals surface area contributed by atoms with Gasteiger partial charge in [0.25, 0.3) is 0 Å². The van der Waals surface area contributed by atoms with E-state index in [1.54, 1.807) is 18.4 Å². The summed E-state index contributed by atoms with van der Waals surface area (Å²) in [4.78, 5) is 14.1. The first-order chi connectivity index (χ1) is 10.1. The molecule has 1 fully saturated rings. The molecule has 0 aliphatic carbocycles. The Balaban J connectivity index is 1.83. The molecule has 2 unspecified atom stereocenters. The summed E-state index contributed by atoms with van der Waals surface area (Å²) in [6, 6.07) is 3.62. The fourth-order valence-electron chi connectivity index (χ4n) is 2.79. The number of aliphatic hydroxyl groups is 1. The van der Waals surface area contributed by atoms with Crippen molar-refractivity contribution in [2.24, 2.45) is 0 Å². The average Bonchev–Trinajstić information content (AvgIpc) is 3.09. The van der Waals surface area contributed by atoms with Crippen LogP contribution in [0.5, 0.6) is 0 Å². The van der Waals surface area contributed by atoms with Crippen LogP contribution in [0, 0.1) is 0 Å². The Morgan fingerprint density at radius 2 is 2.38 bits per heavy atom. The fourth-order valence-corrected chi connectivity index (χ4v) is 2.79. The van der Waals surface area contributed by atoms with E-state index in [0.29, 0.717) is 25.2 Å². The van der Waals surface area contributed by atoms with Crippen molar-refractivity contribution in [3.63, 3.8) is 0 Å². The number of hydrogen-bond acceptors (Lipinski definition) is 4. The molecule has 0 radical (unpaired) electrons. The molecule has 2 atom stereocenters. The molecule has 1 aromatic heterocycles. The first-order valence-electron chi connectivity index (χ1n) is 7.70. The van der Waals surface area contributed by atoms with Gasteiger partial charge >= 0.3 is 0 Å². The molecule has 1 saturated heterocycles. The highest BCUT2D eigenvalue weighted by atomic mass is 16.5. The van der Waals surface area contributed by atoms with Gasteiger partial charge in [0.05, 0.1) is 25.4 Å². The van der Waals surface area contributed by atoms with Gasteiger partial charge in [0.2, 0.25) is 5.91 Å². The molecule has 0 aromatic carbocycles. The number of carbonyl (C=O) groups is 1. The topological polar surface area (TPSA) is 62.9 Å². The smallest absolute Gasteiger partial charge is 0.225 e. The van der Waals surface area contributed by atoms with Gasteiger partial charge in [0, 0.05) is 19.0 Å². The summed E-state index contributed by atoms with van der Waals surface area (Å²) in [7, 11) is 0. The molecule has 1 amide bonds. The third kappa shape index (κ3) is 4.58. The number of amides is 1. The van der Waals surface area contributed by atoms with Crippen molar-refractivity contribution in [3.8, 4) is 0 Å². The third-order valence-electron chi connectivity index (χ3n) is 3.83. The highest BCUT2D eigenvalue weighted by Crippen LogP contribution is 2.28. The molecule has 1 N–H and O–H groups in total. The quantitative estimate of drug-likeness (QED) is 0.839. The summed E-state index contributed by atoms with van der Waals surface area (Å²) >= 11 is 0. The number of likely N-dealkylation sites (tertiary alicyclic amines) is 1. The predicted molar refractivity (Wildman–Crippen MR) is 78.7 cm³/mol. The van der Waals surface area contributed by atoms with Crippen LogP contribution < -0.4 is 0 Å². The molecule has 1 aliphatic heterocycles. The Kier molecular flexibility index (Phi) is 5.82. The van der Waals surface area contributed by atoms with Gasteiger partial charge in [-0.2, -0.15) is 0 Å².